The minimum absolute atomic E-state index is 0.0985. The van der Waals surface area contributed by atoms with Crippen molar-refractivity contribution in [2.75, 3.05) is 46.1 Å². The van der Waals surface area contributed by atoms with E-state index >= 15 is 0 Å². The van der Waals surface area contributed by atoms with Crippen LogP contribution in [0.25, 0.3) is 0 Å². The highest BCUT2D eigenvalue weighted by Crippen LogP contribution is 1.96. The number of ether oxygens (including phenoxy) is 2. The lowest BCUT2D eigenvalue weighted by Crippen LogP contribution is -2.33. The fourth-order valence-corrected chi connectivity index (χ4v) is 1.87. The van der Waals surface area contributed by atoms with Crippen molar-refractivity contribution < 1.29 is 31.4 Å². The van der Waals surface area contributed by atoms with Gasteiger partial charge in [0.05, 0.1) is 13.2 Å². The van der Waals surface area contributed by atoms with Crippen LogP contribution in [0, 0.1) is 0 Å². The molecule has 0 spiro atoms. The lowest BCUT2D eigenvalue weighted by atomic mass is 10.4. The third-order valence-electron chi connectivity index (χ3n) is 2.46. The molecular formula is C12H25NO7S. The van der Waals surface area contributed by atoms with Crippen LogP contribution in [0.3, 0.4) is 0 Å². The third kappa shape index (κ3) is 15.5. The molecule has 0 aliphatic carbocycles. The van der Waals surface area contributed by atoms with Gasteiger partial charge in [-0.15, -0.1) is 0 Å². The molecule has 8 nitrogen and oxygen atoms in total. The van der Waals surface area contributed by atoms with Gasteiger partial charge in [-0.3, -0.25) is 14.2 Å². The van der Waals surface area contributed by atoms with Crippen LogP contribution in [0.4, 0.5) is 0 Å². The Balaban J connectivity index is 3.95. The highest BCUT2D eigenvalue weighted by Gasteiger charge is 2.08. The number of esters is 1. The van der Waals surface area contributed by atoms with Crippen molar-refractivity contribution in [1.82, 2.24) is 4.90 Å². The molecule has 0 saturated heterocycles. The molecule has 0 aliphatic rings. The van der Waals surface area contributed by atoms with E-state index in [-0.39, 0.29) is 19.2 Å². The van der Waals surface area contributed by atoms with Gasteiger partial charge in [-0.1, -0.05) is 6.92 Å². The van der Waals surface area contributed by atoms with Crippen LogP contribution >= 0.6 is 0 Å². The fourth-order valence-electron chi connectivity index (χ4n) is 1.55. The first kappa shape index (κ1) is 20.3. The number of hydrogen-bond donors (Lipinski definition) is 1. The Morgan fingerprint density at radius 3 is 2.33 bits per heavy atom. The smallest absolute Gasteiger partial charge is 0.397 e. The zero-order chi connectivity index (χ0) is 16.1. The summed E-state index contributed by atoms with van der Waals surface area (Å²) in [7, 11) is -4.39. The number of carbonyl (C=O) groups is 1. The molecule has 0 aromatic heterocycles. The molecule has 0 atom stereocenters. The molecule has 0 aromatic rings. The first-order chi connectivity index (χ1) is 9.85. The van der Waals surface area contributed by atoms with E-state index in [4.69, 9.17) is 14.0 Å². The Morgan fingerprint density at radius 2 is 1.76 bits per heavy atom. The quantitative estimate of drug-likeness (QED) is 0.296. The normalized spacial score (nSPS) is 11.8. The van der Waals surface area contributed by atoms with Gasteiger partial charge < -0.3 is 9.47 Å². The van der Waals surface area contributed by atoms with Gasteiger partial charge in [-0.2, -0.15) is 8.42 Å². The van der Waals surface area contributed by atoms with Crippen LogP contribution in [0.2, 0.25) is 0 Å². The van der Waals surface area contributed by atoms with Gasteiger partial charge in [0.15, 0.2) is 0 Å². The summed E-state index contributed by atoms with van der Waals surface area (Å²) in [4.78, 5) is 12.7. The average molecular weight is 327 g/mol. The fraction of sp³-hybridized carbons (Fsp3) is 0.917. The Bertz CT molecular complexity index is 372. The van der Waals surface area contributed by atoms with Gasteiger partial charge in [0, 0.05) is 33.2 Å². The van der Waals surface area contributed by atoms with Crippen LogP contribution < -0.4 is 0 Å². The monoisotopic (exact) mass is 327 g/mol. The maximum absolute atomic E-state index is 10.7. The maximum Gasteiger partial charge on any atom is 0.397 e. The summed E-state index contributed by atoms with van der Waals surface area (Å²) in [5, 5.41) is 0. The van der Waals surface area contributed by atoms with Crippen LogP contribution in [0.5, 0.6) is 0 Å². The van der Waals surface area contributed by atoms with E-state index in [9.17, 15) is 13.2 Å². The second-order valence-corrected chi connectivity index (χ2v) is 5.49. The van der Waals surface area contributed by atoms with Crippen molar-refractivity contribution >= 4 is 16.4 Å². The van der Waals surface area contributed by atoms with Crippen molar-refractivity contribution in [1.29, 1.82) is 0 Å². The molecule has 1 N–H and O–H groups in total. The van der Waals surface area contributed by atoms with Gasteiger partial charge >= 0.3 is 16.4 Å². The molecule has 0 aromatic carbocycles. The van der Waals surface area contributed by atoms with E-state index in [0.29, 0.717) is 39.3 Å². The second kappa shape index (κ2) is 11.9. The van der Waals surface area contributed by atoms with Gasteiger partial charge in [0.2, 0.25) is 0 Å². The van der Waals surface area contributed by atoms with E-state index in [1.807, 2.05) is 11.8 Å². The molecule has 21 heavy (non-hydrogen) atoms. The molecule has 0 unspecified atom stereocenters. The summed E-state index contributed by atoms with van der Waals surface area (Å²) < 4.78 is 43.8. The second-order valence-electron chi connectivity index (χ2n) is 4.40. The highest BCUT2D eigenvalue weighted by atomic mass is 32.3. The molecular weight excluding hydrogens is 302 g/mol. The number of carbonyl (C=O) groups excluding carboxylic acids is 1. The molecule has 0 fully saturated rings. The highest BCUT2D eigenvalue weighted by molar-refractivity contribution is 7.80. The Morgan fingerprint density at radius 1 is 1.10 bits per heavy atom. The number of nitrogens with zero attached hydrogens (tertiary/aromatic N) is 1. The third-order valence-corrected chi connectivity index (χ3v) is 2.93. The Kier molecular flexibility index (Phi) is 11.5. The largest absolute Gasteiger partial charge is 0.465 e. The first-order valence-electron chi connectivity index (χ1n) is 6.90. The summed E-state index contributed by atoms with van der Waals surface area (Å²) >= 11 is 0. The molecule has 126 valence electrons. The summed E-state index contributed by atoms with van der Waals surface area (Å²) in [6.45, 7) is 6.48. The van der Waals surface area contributed by atoms with Crippen molar-refractivity contribution in [3.8, 4) is 0 Å². The molecule has 0 aliphatic heterocycles. The molecule has 0 heterocycles. The number of hydrogen-bond acceptors (Lipinski definition) is 7. The summed E-state index contributed by atoms with van der Waals surface area (Å²) in [5.74, 6) is -0.341. The molecule has 0 rings (SSSR count). The Labute approximate surface area is 126 Å². The standard InChI is InChI=1S/C12H25NO7S/c1-3-8-18-10-6-13(7-11-19-12(2)14)5-4-9-20-21(15,16)17/h3-11H2,1-2H3,(H,15,16,17). The molecule has 0 saturated carbocycles. The first-order valence-corrected chi connectivity index (χ1v) is 8.27. The molecule has 0 amide bonds. The summed E-state index contributed by atoms with van der Waals surface area (Å²) in [6.07, 6.45) is 1.36. The molecule has 0 bridgehead atoms. The van der Waals surface area contributed by atoms with E-state index in [2.05, 4.69) is 4.18 Å². The zero-order valence-corrected chi connectivity index (χ0v) is 13.4. The Hall–Kier alpha value is -0.740. The van der Waals surface area contributed by atoms with Crippen LogP contribution in [-0.2, 0) is 28.9 Å². The predicted molar refractivity (Wildman–Crippen MR) is 76.3 cm³/mol. The van der Waals surface area contributed by atoms with Crippen LogP contribution in [-0.4, -0.2) is 69.9 Å². The van der Waals surface area contributed by atoms with Gasteiger partial charge in [0.25, 0.3) is 0 Å². The van der Waals surface area contributed by atoms with Crippen molar-refractivity contribution in [3.05, 3.63) is 0 Å². The SMILES string of the molecule is CCCOCCN(CCCOS(=O)(=O)O)CCOC(C)=O. The van der Waals surface area contributed by atoms with Gasteiger partial charge in [-0.25, -0.2) is 4.18 Å². The van der Waals surface area contributed by atoms with Crippen molar-refractivity contribution in [3.63, 3.8) is 0 Å². The zero-order valence-electron chi connectivity index (χ0n) is 12.6. The van der Waals surface area contributed by atoms with E-state index in [1.165, 1.54) is 6.92 Å². The van der Waals surface area contributed by atoms with Crippen molar-refractivity contribution in [2.45, 2.75) is 26.7 Å². The topological polar surface area (TPSA) is 102 Å². The van der Waals surface area contributed by atoms with Gasteiger partial charge in [-0.05, 0) is 12.8 Å². The van der Waals surface area contributed by atoms with Crippen LogP contribution in [0.1, 0.15) is 26.7 Å². The van der Waals surface area contributed by atoms with Crippen molar-refractivity contribution in [2.24, 2.45) is 0 Å². The lowest BCUT2D eigenvalue weighted by molar-refractivity contribution is -0.141. The lowest BCUT2D eigenvalue weighted by Gasteiger charge is -2.21. The minimum Gasteiger partial charge on any atom is -0.465 e. The summed E-state index contributed by atoms with van der Waals surface area (Å²) in [5.41, 5.74) is 0. The van der Waals surface area contributed by atoms with E-state index < -0.39 is 10.4 Å². The average Bonchev–Trinajstić information content (AvgIpc) is 2.37. The molecule has 0 radical (unpaired) electrons. The van der Waals surface area contributed by atoms with Crippen LogP contribution in [0.15, 0.2) is 0 Å². The maximum atomic E-state index is 10.7. The molecule has 9 heteroatoms. The summed E-state index contributed by atoms with van der Waals surface area (Å²) in [6, 6.07) is 0. The van der Waals surface area contributed by atoms with E-state index in [1.54, 1.807) is 0 Å². The van der Waals surface area contributed by atoms with Gasteiger partial charge in [0.1, 0.15) is 6.61 Å². The predicted octanol–water partition coefficient (Wildman–Crippen LogP) is 0.488. The minimum atomic E-state index is -4.39. The number of rotatable bonds is 13. The van der Waals surface area contributed by atoms with E-state index in [0.717, 1.165) is 6.42 Å².